The molecule has 0 amide bonds. The van der Waals surface area contributed by atoms with Crippen LogP contribution in [0, 0.1) is 0 Å². The molecule has 0 unspecified atom stereocenters. The van der Waals surface area contributed by atoms with Gasteiger partial charge in [0.15, 0.2) is 0 Å². The number of aromatic hydroxyl groups is 2. The minimum Gasteiger partial charge on any atom is -0.507 e. The van der Waals surface area contributed by atoms with Crippen LogP contribution in [0.2, 0.25) is 0 Å². The third kappa shape index (κ3) is 4.08. The number of hydrogen-bond donors (Lipinski definition) is 6. The summed E-state index contributed by atoms with van der Waals surface area (Å²) in [4.78, 5) is 13.0. The largest absolute Gasteiger partial charge is 0.507 e. The van der Waals surface area contributed by atoms with Crippen LogP contribution in [0.4, 0.5) is 0 Å². The SMILES string of the molecule is COc1ccc(-c2coc3cc(O[C@@H]4O[C@H](CO)[C@@H](O)[C@H](O)[C@H]4O)cc(O)c3c2=O)c(O)c1. The molecule has 6 N–H and O–H groups in total. The summed E-state index contributed by atoms with van der Waals surface area (Å²) in [6.07, 6.45) is -6.41. The minimum absolute atomic E-state index is 0.000514. The number of phenols is 2. The number of aliphatic hydroxyl groups excluding tert-OH is 4. The lowest BCUT2D eigenvalue weighted by atomic mass is 9.99. The molecule has 5 atom stereocenters. The molecule has 0 saturated carbocycles. The first-order valence-electron chi connectivity index (χ1n) is 9.88. The summed E-state index contributed by atoms with van der Waals surface area (Å²) in [7, 11) is 1.43. The molecule has 3 aromatic rings. The number of phenolic OH excluding ortho intramolecular Hbond substituents is 2. The fourth-order valence-corrected chi connectivity index (χ4v) is 3.63. The van der Waals surface area contributed by atoms with E-state index in [1.807, 2.05) is 0 Å². The van der Waals surface area contributed by atoms with E-state index in [0.29, 0.717) is 5.75 Å². The highest BCUT2D eigenvalue weighted by Crippen LogP contribution is 2.35. The Labute approximate surface area is 186 Å². The van der Waals surface area contributed by atoms with E-state index >= 15 is 0 Å². The maximum absolute atomic E-state index is 13.0. The van der Waals surface area contributed by atoms with Crippen LogP contribution in [0.1, 0.15) is 0 Å². The van der Waals surface area contributed by atoms with E-state index in [9.17, 15) is 35.4 Å². The van der Waals surface area contributed by atoms with Gasteiger partial charge in [-0.1, -0.05) is 0 Å². The van der Waals surface area contributed by atoms with Gasteiger partial charge in [-0.05, 0) is 12.1 Å². The van der Waals surface area contributed by atoms with Crippen LogP contribution in [0.5, 0.6) is 23.0 Å². The monoisotopic (exact) mass is 462 g/mol. The van der Waals surface area contributed by atoms with Crippen molar-refractivity contribution >= 4 is 11.0 Å². The lowest BCUT2D eigenvalue weighted by molar-refractivity contribution is -0.277. The Morgan fingerprint density at radius 3 is 2.33 bits per heavy atom. The van der Waals surface area contributed by atoms with Crippen LogP contribution in [0.25, 0.3) is 22.1 Å². The first-order valence-corrected chi connectivity index (χ1v) is 9.88. The normalized spacial score (nSPS) is 25.2. The van der Waals surface area contributed by atoms with Gasteiger partial charge in [-0.2, -0.15) is 0 Å². The fraction of sp³-hybridized carbons (Fsp3) is 0.318. The molecule has 11 heteroatoms. The van der Waals surface area contributed by atoms with Gasteiger partial charge in [0, 0.05) is 23.8 Å². The van der Waals surface area contributed by atoms with Crippen molar-refractivity contribution in [1.29, 1.82) is 0 Å². The second-order valence-corrected chi connectivity index (χ2v) is 7.49. The van der Waals surface area contributed by atoms with E-state index in [1.54, 1.807) is 6.07 Å². The second-order valence-electron chi connectivity index (χ2n) is 7.49. The summed E-state index contributed by atoms with van der Waals surface area (Å²) in [6, 6.07) is 6.69. The highest BCUT2D eigenvalue weighted by molar-refractivity contribution is 5.88. The first kappa shape index (κ1) is 22.8. The molecule has 1 aromatic heterocycles. The zero-order chi connectivity index (χ0) is 23.9. The number of aliphatic hydroxyl groups is 4. The Balaban J connectivity index is 1.69. The molecule has 11 nitrogen and oxygen atoms in total. The van der Waals surface area contributed by atoms with Gasteiger partial charge in [0.25, 0.3) is 0 Å². The number of methoxy groups -OCH3 is 1. The molecule has 0 aliphatic carbocycles. The van der Waals surface area contributed by atoms with Crippen LogP contribution >= 0.6 is 0 Å². The molecule has 0 bridgehead atoms. The number of rotatable bonds is 5. The van der Waals surface area contributed by atoms with Gasteiger partial charge in [-0.25, -0.2) is 0 Å². The number of hydrogen-bond acceptors (Lipinski definition) is 11. The first-order chi connectivity index (χ1) is 15.7. The number of ether oxygens (including phenoxy) is 3. The minimum atomic E-state index is -1.66. The number of benzene rings is 2. The lowest BCUT2D eigenvalue weighted by Gasteiger charge is -2.39. The van der Waals surface area contributed by atoms with Crippen molar-refractivity contribution in [3.8, 4) is 34.1 Å². The van der Waals surface area contributed by atoms with Crippen LogP contribution in [0.15, 0.2) is 45.8 Å². The van der Waals surface area contributed by atoms with Gasteiger partial charge in [0.2, 0.25) is 11.7 Å². The zero-order valence-electron chi connectivity index (χ0n) is 17.3. The van der Waals surface area contributed by atoms with Crippen LogP contribution in [0.3, 0.4) is 0 Å². The van der Waals surface area contributed by atoms with Crippen molar-refractivity contribution in [3.05, 3.63) is 46.8 Å². The summed E-state index contributed by atoms with van der Waals surface area (Å²) in [5.74, 6) is -0.412. The van der Waals surface area contributed by atoms with E-state index in [2.05, 4.69) is 0 Å². The molecule has 4 rings (SSSR count). The second kappa shape index (κ2) is 8.89. The molecular weight excluding hydrogens is 440 g/mol. The Morgan fingerprint density at radius 1 is 0.939 bits per heavy atom. The summed E-state index contributed by atoms with van der Waals surface area (Å²) in [6.45, 7) is -0.635. The summed E-state index contributed by atoms with van der Waals surface area (Å²) in [5.41, 5.74) is -0.502. The molecule has 1 fully saturated rings. The highest BCUT2D eigenvalue weighted by Gasteiger charge is 2.44. The number of fused-ring (bicyclic) bond motifs is 1. The van der Waals surface area contributed by atoms with Crippen molar-refractivity contribution in [2.75, 3.05) is 13.7 Å². The van der Waals surface area contributed by atoms with Gasteiger partial charge >= 0.3 is 0 Å². The highest BCUT2D eigenvalue weighted by atomic mass is 16.7. The molecule has 176 valence electrons. The predicted molar refractivity (Wildman–Crippen MR) is 112 cm³/mol. The average Bonchev–Trinajstić information content (AvgIpc) is 2.79. The van der Waals surface area contributed by atoms with E-state index in [4.69, 9.17) is 18.6 Å². The summed E-state index contributed by atoms with van der Waals surface area (Å²) >= 11 is 0. The lowest BCUT2D eigenvalue weighted by Crippen LogP contribution is -2.60. The molecule has 1 aliphatic rings. The molecular formula is C22H22O11. The third-order valence-electron chi connectivity index (χ3n) is 5.43. The maximum atomic E-state index is 13.0. The van der Waals surface area contributed by atoms with E-state index in [1.165, 1.54) is 25.3 Å². The zero-order valence-corrected chi connectivity index (χ0v) is 17.3. The Kier molecular flexibility index (Phi) is 6.15. The molecule has 1 aliphatic heterocycles. The van der Waals surface area contributed by atoms with Crippen molar-refractivity contribution < 1.29 is 49.3 Å². The van der Waals surface area contributed by atoms with Crippen LogP contribution in [-0.2, 0) is 4.74 Å². The van der Waals surface area contributed by atoms with Crippen molar-refractivity contribution in [2.24, 2.45) is 0 Å². The molecule has 2 heterocycles. The Hall–Kier alpha value is -3.35. The van der Waals surface area contributed by atoms with Gasteiger partial charge in [-0.15, -0.1) is 0 Å². The van der Waals surface area contributed by atoms with E-state index < -0.39 is 48.5 Å². The fourth-order valence-electron chi connectivity index (χ4n) is 3.63. The van der Waals surface area contributed by atoms with Crippen molar-refractivity contribution in [2.45, 2.75) is 30.7 Å². The van der Waals surface area contributed by atoms with Gasteiger partial charge < -0.3 is 49.3 Å². The summed E-state index contributed by atoms with van der Waals surface area (Å²) < 4.78 is 21.3. The average molecular weight is 462 g/mol. The van der Waals surface area contributed by atoms with Crippen LogP contribution < -0.4 is 14.9 Å². The molecule has 0 radical (unpaired) electrons. The smallest absolute Gasteiger partial charge is 0.229 e. The third-order valence-corrected chi connectivity index (χ3v) is 5.43. The van der Waals surface area contributed by atoms with Crippen molar-refractivity contribution in [3.63, 3.8) is 0 Å². The van der Waals surface area contributed by atoms with E-state index in [-0.39, 0.29) is 33.6 Å². The maximum Gasteiger partial charge on any atom is 0.229 e. The summed E-state index contributed by atoms with van der Waals surface area (Å²) in [5, 5.41) is 59.7. The predicted octanol–water partition coefficient (Wildman–Crippen LogP) is 0.0585. The quantitative estimate of drug-likeness (QED) is 0.302. The molecule has 0 spiro atoms. The van der Waals surface area contributed by atoms with Crippen molar-refractivity contribution in [1.82, 2.24) is 0 Å². The van der Waals surface area contributed by atoms with Gasteiger partial charge in [0.1, 0.15) is 64.6 Å². The molecule has 33 heavy (non-hydrogen) atoms. The standard InChI is InChI=1S/C22H22O11/c1-30-9-2-3-11(13(24)4-9)12-8-31-15-6-10(5-14(25)17(15)18(12)26)32-22-21(29)20(28)19(27)16(7-23)33-22/h2-6,8,16,19-25,27-29H,7H2,1H3/t16-,19-,20+,21-,22-/m1/s1. The van der Waals surface area contributed by atoms with E-state index in [0.717, 1.165) is 12.3 Å². The van der Waals surface area contributed by atoms with Gasteiger partial charge in [-0.3, -0.25) is 4.79 Å². The Morgan fingerprint density at radius 2 is 1.67 bits per heavy atom. The topological polar surface area (TPSA) is 179 Å². The Bertz CT molecular complexity index is 1220. The molecule has 2 aromatic carbocycles. The van der Waals surface area contributed by atoms with Gasteiger partial charge in [0.05, 0.1) is 19.3 Å². The molecule has 1 saturated heterocycles. The van der Waals surface area contributed by atoms with Crippen LogP contribution in [-0.4, -0.2) is 75.1 Å².